The number of nitrogens with zero attached hydrogens (tertiary/aromatic N) is 1. The Labute approximate surface area is 130 Å². The fraction of sp³-hybridized carbons (Fsp3) is 0.571. The lowest BCUT2D eigenvalue weighted by atomic mass is 10.2. The SMILES string of the molecule is CC(C)N(C)CCCNS(=O)(=O)c1ccc(CBr)cc1. The first-order valence-corrected chi connectivity index (χ1v) is 9.32. The van der Waals surface area contributed by atoms with Crippen LogP contribution in [-0.2, 0) is 15.4 Å². The Morgan fingerprint density at radius 2 is 1.85 bits per heavy atom. The third-order valence-electron chi connectivity index (χ3n) is 3.25. The summed E-state index contributed by atoms with van der Waals surface area (Å²) >= 11 is 3.34. The normalized spacial score (nSPS) is 12.3. The zero-order valence-corrected chi connectivity index (χ0v) is 14.7. The Hall–Kier alpha value is -0.430. The summed E-state index contributed by atoms with van der Waals surface area (Å²) in [7, 11) is -1.35. The largest absolute Gasteiger partial charge is 0.304 e. The maximum absolute atomic E-state index is 12.1. The molecule has 0 radical (unpaired) electrons. The van der Waals surface area contributed by atoms with E-state index in [9.17, 15) is 8.42 Å². The highest BCUT2D eigenvalue weighted by atomic mass is 79.9. The van der Waals surface area contributed by atoms with Crippen molar-refractivity contribution in [3.8, 4) is 0 Å². The van der Waals surface area contributed by atoms with E-state index in [1.54, 1.807) is 12.1 Å². The van der Waals surface area contributed by atoms with Gasteiger partial charge in [-0.2, -0.15) is 0 Å². The number of benzene rings is 1. The van der Waals surface area contributed by atoms with Crippen molar-refractivity contribution in [1.82, 2.24) is 9.62 Å². The van der Waals surface area contributed by atoms with Gasteiger partial charge in [-0.05, 0) is 51.6 Å². The highest BCUT2D eigenvalue weighted by molar-refractivity contribution is 9.08. The van der Waals surface area contributed by atoms with Crippen LogP contribution in [0.4, 0.5) is 0 Å². The van der Waals surface area contributed by atoms with Crippen molar-refractivity contribution in [1.29, 1.82) is 0 Å². The second-order valence-electron chi connectivity index (χ2n) is 5.10. The summed E-state index contributed by atoms with van der Waals surface area (Å²) in [5.74, 6) is 0. The number of alkyl halides is 1. The van der Waals surface area contributed by atoms with Gasteiger partial charge in [-0.1, -0.05) is 28.1 Å². The number of nitrogens with one attached hydrogen (secondary N) is 1. The van der Waals surface area contributed by atoms with Crippen LogP contribution in [0.3, 0.4) is 0 Å². The molecule has 0 aromatic heterocycles. The van der Waals surface area contributed by atoms with Crippen molar-refractivity contribution in [2.45, 2.75) is 36.5 Å². The van der Waals surface area contributed by atoms with E-state index in [-0.39, 0.29) is 0 Å². The van der Waals surface area contributed by atoms with Gasteiger partial charge in [-0.15, -0.1) is 0 Å². The number of sulfonamides is 1. The van der Waals surface area contributed by atoms with Crippen LogP contribution in [-0.4, -0.2) is 39.5 Å². The van der Waals surface area contributed by atoms with Crippen LogP contribution >= 0.6 is 15.9 Å². The van der Waals surface area contributed by atoms with Gasteiger partial charge in [0.05, 0.1) is 4.90 Å². The van der Waals surface area contributed by atoms with Crippen LogP contribution in [0.2, 0.25) is 0 Å². The van der Waals surface area contributed by atoms with Gasteiger partial charge in [-0.25, -0.2) is 13.1 Å². The predicted octanol–water partition coefficient (Wildman–Crippen LogP) is 2.59. The minimum Gasteiger partial charge on any atom is -0.304 e. The topological polar surface area (TPSA) is 49.4 Å². The molecule has 1 rings (SSSR count). The van der Waals surface area contributed by atoms with Gasteiger partial charge in [0.1, 0.15) is 0 Å². The molecule has 4 nitrogen and oxygen atoms in total. The van der Waals surface area contributed by atoms with Crippen LogP contribution in [0.1, 0.15) is 25.8 Å². The fourth-order valence-electron chi connectivity index (χ4n) is 1.63. The molecule has 0 aliphatic carbocycles. The lowest BCUT2D eigenvalue weighted by Crippen LogP contribution is -2.31. The molecule has 1 aromatic rings. The van der Waals surface area contributed by atoms with Crippen molar-refractivity contribution < 1.29 is 8.42 Å². The Morgan fingerprint density at radius 3 is 2.35 bits per heavy atom. The molecule has 1 aromatic carbocycles. The number of hydrogen-bond donors (Lipinski definition) is 1. The molecular weight excluding hydrogens is 340 g/mol. The number of hydrogen-bond acceptors (Lipinski definition) is 3. The standard InChI is InChI=1S/C14H23BrN2O2S/c1-12(2)17(3)10-4-9-16-20(18,19)14-7-5-13(11-15)6-8-14/h5-8,12,16H,4,9-11H2,1-3H3. The van der Waals surface area contributed by atoms with Crippen molar-refractivity contribution in [3.05, 3.63) is 29.8 Å². The molecule has 0 amide bonds. The number of rotatable bonds is 8. The fourth-order valence-corrected chi connectivity index (χ4v) is 3.08. The minimum atomic E-state index is -3.39. The van der Waals surface area contributed by atoms with Gasteiger partial charge in [-0.3, -0.25) is 0 Å². The molecule has 0 spiro atoms. The molecule has 114 valence electrons. The monoisotopic (exact) mass is 362 g/mol. The van der Waals surface area contributed by atoms with E-state index in [4.69, 9.17) is 0 Å². The minimum absolute atomic E-state index is 0.319. The van der Waals surface area contributed by atoms with E-state index in [1.807, 2.05) is 19.2 Å². The molecule has 20 heavy (non-hydrogen) atoms. The lowest BCUT2D eigenvalue weighted by Gasteiger charge is -2.20. The van der Waals surface area contributed by atoms with E-state index in [1.165, 1.54) is 0 Å². The van der Waals surface area contributed by atoms with Gasteiger partial charge < -0.3 is 4.90 Å². The third kappa shape index (κ3) is 5.52. The van der Waals surface area contributed by atoms with Crippen molar-refractivity contribution >= 4 is 26.0 Å². The molecular formula is C14H23BrN2O2S. The summed E-state index contributed by atoms with van der Waals surface area (Å²) in [5.41, 5.74) is 1.06. The van der Waals surface area contributed by atoms with Gasteiger partial charge in [0.15, 0.2) is 0 Å². The van der Waals surface area contributed by atoms with Crippen LogP contribution in [0, 0.1) is 0 Å². The lowest BCUT2D eigenvalue weighted by molar-refractivity contribution is 0.271. The Balaban J connectivity index is 2.49. The summed E-state index contributed by atoms with van der Waals surface area (Å²) in [6.07, 6.45) is 0.799. The second kappa shape index (κ2) is 8.12. The van der Waals surface area contributed by atoms with E-state index in [0.29, 0.717) is 17.5 Å². The van der Waals surface area contributed by atoms with Gasteiger partial charge in [0, 0.05) is 17.9 Å². The van der Waals surface area contributed by atoms with Crippen LogP contribution < -0.4 is 4.72 Å². The summed E-state index contributed by atoms with van der Waals surface area (Å²) in [6, 6.07) is 7.38. The molecule has 0 bridgehead atoms. The van der Waals surface area contributed by atoms with Gasteiger partial charge >= 0.3 is 0 Å². The molecule has 0 atom stereocenters. The summed E-state index contributed by atoms with van der Waals surface area (Å²) in [4.78, 5) is 2.51. The maximum Gasteiger partial charge on any atom is 0.240 e. The van der Waals surface area contributed by atoms with Gasteiger partial charge in [0.25, 0.3) is 0 Å². The van der Waals surface area contributed by atoms with E-state index < -0.39 is 10.0 Å². The molecule has 0 aliphatic rings. The molecule has 1 N–H and O–H groups in total. The first-order chi connectivity index (χ1) is 9.36. The van der Waals surface area contributed by atoms with Crippen molar-refractivity contribution in [2.24, 2.45) is 0 Å². The average Bonchev–Trinajstić information content (AvgIpc) is 2.43. The maximum atomic E-state index is 12.1. The van der Waals surface area contributed by atoms with Crippen LogP contribution in [0.15, 0.2) is 29.2 Å². The summed E-state index contributed by atoms with van der Waals surface area (Å²) < 4.78 is 26.8. The third-order valence-corrected chi connectivity index (χ3v) is 5.37. The number of halogens is 1. The Kier molecular flexibility index (Phi) is 7.15. The Morgan fingerprint density at radius 1 is 1.25 bits per heavy atom. The highest BCUT2D eigenvalue weighted by Gasteiger charge is 2.13. The Bertz CT molecular complexity index is 500. The average molecular weight is 363 g/mol. The molecule has 0 saturated heterocycles. The molecule has 0 heterocycles. The molecule has 0 fully saturated rings. The zero-order chi connectivity index (χ0) is 15.2. The molecule has 0 saturated carbocycles. The first-order valence-electron chi connectivity index (χ1n) is 6.71. The van der Waals surface area contributed by atoms with Gasteiger partial charge in [0.2, 0.25) is 10.0 Å². The van der Waals surface area contributed by atoms with Crippen molar-refractivity contribution in [3.63, 3.8) is 0 Å². The predicted molar refractivity (Wildman–Crippen MR) is 86.6 cm³/mol. The second-order valence-corrected chi connectivity index (χ2v) is 7.43. The highest BCUT2D eigenvalue weighted by Crippen LogP contribution is 2.12. The molecule has 0 unspecified atom stereocenters. The zero-order valence-electron chi connectivity index (χ0n) is 12.3. The first kappa shape index (κ1) is 17.6. The van der Waals surface area contributed by atoms with E-state index in [2.05, 4.69) is 39.4 Å². The van der Waals surface area contributed by atoms with Crippen molar-refractivity contribution in [2.75, 3.05) is 20.1 Å². The molecule has 0 aliphatic heterocycles. The van der Waals surface area contributed by atoms with Crippen LogP contribution in [0.25, 0.3) is 0 Å². The molecule has 6 heteroatoms. The summed E-state index contributed by atoms with van der Waals surface area (Å²) in [6.45, 7) is 5.58. The van der Waals surface area contributed by atoms with E-state index in [0.717, 1.165) is 23.9 Å². The summed E-state index contributed by atoms with van der Waals surface area (Å²) in [5, 5.41) is 0.724. The smallest absolute Gasteiger partial charge is 0.240 e. The quantitative estimate of drug-likeness (QED) is 0.571. The van der Waals surface area contributed by atoms with Crippen LogP contribution in [0.5, 0.6) is 0 Å². The van der Waals surface area contributed by atoms with E-state index >= 15 is 0 Å².